The summed E-state index contributed by atoms with van der Waals surface area (Å²) in [5, 5.41) is 12.9. The predicted molar refractivity (Wildman–Crippen MR) is 100 cm³/mol. The van der Waals surface area contributed by atoms with Crippen LogP contribution in [0.25, 0.3) is 0 Å². The minimum atomic E-state index is -0.761. The number of hydrogen-bond donors (Lipinski definition) is 2. The van der Waals surface area contributed by atoms with Crippen LogP contribution >= 0.6 is 0 Å². The molecule has 0 aromatic rings. The SMILES string of the molecule is CC(C)C[C@@H]1[C@H]2C(=O)N[C@]3(CCN(C(=O)OC(C)(C)C)C[C@H]13)C(C#N)=C2N. The minimum absolute atomic E-state index is 0.0149. The number of likely N-dealkylation sites (tertiary alicyclic amines) is 1. The standard InChI is InChI=1S/C20H30N4O3/c1-11(2)8-12-14-10-24(18(26)27-19(3,4)5)7-6-20(14)13(9-21)16(22)15(12)17(25)23-20/h11-12,14-15H,6-8,10,22H2,1-5H3,(H,23,25)/t12-,14+,15+,20+/m0/s1. The number of hydrogen-bond acceptors (Lipinski definition) is 5. The average Bonchev–Trinajstić information content (AvgIpc) is 2.52. The highest BCUT2D eigenvalue weighted by molar-refractivity contribution is 5.88. The quantitative estimate of drug-likeness (QED) is 0.770. The maximum absolute atomic E-state index is 12.7. The number of carbonyl (C=O) groups is 2. The van der Waals surface area contributed by atoms with Crippen LogP contribution in [0.1, 0.15) is 47.5 Å². The van der Waals surface area contributed by atoms with Crippen molar-refractivity contribution in [3.63, 3.8) is 0 Å². The van der Waals surface area contributed by atoms with E-state index in [9.17, 15) is 14.9 Å². The molecule has 27 heavy (non-hydrogen) atoms. The summed E-state index contributed by atoms with van der Waals surface area (Å²) < 4.78 is 5.54. The summed E-state index contributed by atoms with van der Waals surface area (Å²) in [5.41, 5.74) is 5.89. The first kappa shape index (κ1) is 19.5. The Morgan fingerprint density at radius 1 is 1.48 bits per heavy atom. The molecule has 0 aromatic carbocycles. The number of fused-ring (bicyclic) bond motifs is 1. The number of piperidine rings is 2. The van der Waals surface area contributed by atoms with Gasteiger partial charge in [-0.05, 0) is 45.4 Å². The molecule has 2 amide bonds. The van der Waals surface area contributed by atoms with E-state index < -0.39 is 17.1 Å². The minimum Gasteiger partial charge on any atom is -0.444 e. The summed E-state index contributed by atoms with van der Waals surface area (Å²) in [7, 11) is 0. The van der Waals surface area contributed by atoms with Gasteiger partial charge >= 0.3 is 6.09 Å². The van der Waals surface area contributed by atoms with Crippen molar-refractivity contribution >= 4 is 12.0 Å². The van der Waals surface area contributed by atoms with E-state index in [4.69, 9.17) is 10.5 Å². The first-order chi connectivity index (χ1) is 12.5. The van der Waals surface area contributed by atoms with E-state index in [2.05, 4.69) is 25.2 Å². The molecule has 1 aliphatic carbocycles. The van der Waals surface area contributed by atoms with Gasteiger partial charge in [0.25, 0.3) is 0 Å². The van der Waals surface area contributed by atoms with Crippen LogP contribution in [0.3, 0.4) is 0 Å². The lowest BCUT2D eigenvalue weighted by Crippen LogP contribution is -2.73. The molecule has 1 spiro atoms. The highest BCUT2D eigenvalue weighted by Gasteiger charge is 2.62. The maximum atomic E-state index is 12.7. The summed E-state index contributed by atoms with van der Waals surface area (Å²) in [5.74, 6) is -0.215. The van der Waals surface area contributed by atoms with Crippen molar-refractivity contribution in [3.05, 3.63) is 11.3 Å². The van der Waals surface area contributed by atoms with Gasteiger partial charge in [0.1, 0.15) is 5.60 Å². The molecule has 2 saturated heterocycles. The van der Waals surface area contributed by atoms with E-state index in [0.29, 0.717) is 36.7 Å². The van der Waals surface area contributed by atoms with E-state index in [1.165, 1.54) is 0 Å². The zero-order chi connectivity index (χ0) is 20.1. The monoisotopic (exact) mass is 374 g/mol. The zero-order valence-corrected chi connectivity index (χ0v) is 16.8. The summed E-state index contributed by atoms with van der Waals surface area (Å²) in [6.45, 7) is 10.7. The normalized spacial score (nSPS) is 32.9. The largest absolute Gasteiger partial charge is 0.444 e. The third-order valence-electron chi connectivity index (χ3n) is 5.98. The second-order valence-electron chi connectivity index (χ2n) is 9.46. The molecule has 0 unspecified atom stereocenters. The fourth-order valence-corrected chi connectivity index (χ4v) is 5.02. The number of carbonyl (C=O) groups excluding carboxylic acids is 2. The van der Waals surface area contributed by atoms with Crippen LogP contribution in [0.15, 0.2) is 11.3 Å². The van der Waals surface area contributed by atoms with Gasteiger partial charge < -0.3 is 20.7 Å². The molecule has 4 atom stereocenters. The Morgan fingerprint density at radius 3 is 2.70 bits per heavy atom. The number of nitriles is 1. The molecular weight excluding hydrogens is 344 g/mol. The predicted octanol–water partition coefficient (Wildman–Crippen LogP) is 2.14. The van der Waals surface area contributed by atoms with Crippen molar-refractivity contribution in [3.8, 4) is 6.07 Å². The molecule has 2 bridgehead atoms. The number of rotatable bonds is 2. The highest BCUT2D eigenvalue weighted by Crippen LogP contribution is 2.53. The van der Waals surface area contributed by atoms with Gasteiger partial charge in [0.2, 0.25) is 5.91 Å². The van der Waals surface area contributed by atoms with Crippen LogP contribution in [-0.2, 0) is 9.53 Å². The van der Waals surface area contributed by atoms with Gasteiger partial charge in [0.15, 0.2) is 0 Å². The van der Waals surface area contributed by atoms with Gasteiger partial charge in [-0.2, -0.15) is 5.26 Å². The number of nitrogens with two attached hydrogens (primary N) is 1. The molecule has 7 heteroatoms. The average molecular weight is 374 g/mol. The van der Waals surface area contributed by atoms with Crippen LogP contribution in [0.5, 0.6) is 0 Å². The van der Waals surface area contributed by atoms with Crippen LogP contribution < -0.4 is 11.1 Å². The lowest BCUT2D eigenvalue weighted by molar-refractivity contribution is -0.138. The number of nitrogens with zero attached hydrogens (tertiary/aromatic N) is 2. The Bertz CT molecular complexity index is 730. The Morgan fingerprint density at radius 2 is 2.15 bits per heavy atom. The second kappa shape index (κ2) is 6.43. The number of nitrogens with one attached hydrogen (secondary N) is 1. The smallest absolute Gasteiger partial charge is 0.410 e. The van der Waals surface area contributed by atoms with Gasteiger partial charge in [0.05, 0.1) is 23.1 Å². The van der Waals surface area contributed by atoms with Gasteiger partial charge in [0, 0.05) is 24.7 Å². The van der Waals surface area contributed by atoms with Crippen molar-refractivity contribution in [1.29, 1.82) is 5.26 Å². The van der Waals surface area contributed by atoms with E-state index >= 15 is 0 Å². The van der Waals surface area contributed by atoms with Gasteiger partial charge in [-0.3, -0.25) is 4.79 Å². The fourth-order valence-electron chi connectivity index (χ4n) is 5.02. The van der Waals surface area contributed by atoms with Crippen molar-refractivity contribution < 1.29 is 14.3 Å². The lowest BCUT2D eigenvalue weighted by Gasteiger charge is -2.59. The fraction of sp³-hybridized carbons (Fsp3) is 0.750. The molecule has 7 nitrogen and oxygen atoms in total. The summed E-state index contributed by atoms with van der Waals surface area (Å²) in [6, 6.07) is 2.26. The molecule has 3 heterocycles. The molecule has 4 rings (SSSR count). The molecular formula is C20H30N4O3. The van der Waals surface area contributed by atoms with Crippen molar-refractivity contribution in [2.24, 2.45) is 29.4 Å². The first-order valence-electron chi connectivity index (χ1n) is 9.70. The second-order valence-corrected chi connectivity index (χ2v) is 9.46. The molecule has 3 aliphatic heterocycles. The maximum Gasteiger partial charge on any atom is 0.410 e. The van der Waals surface area contributed by atoms with E-state index in [-0.39, 0.29) is 23.8 Å². The van der Waals surface area contributed by atoms with Crippen molar-refractivity contribution in [2.45, 2.75) is 58.6 Å². The van der Waals surface area contributed by atoms with Crippen LogP contribution in [0.2, 0.25) is 0 Å². The molecule has 3 N–H and O–H groups in total. The Kier molecular flexibility index (Phi) is 4.65. The molecule has 4 aliphatic rings. The van der Waals surface area contributed by atoms with E-state index in [0.717, 1.165) is 6.42 Å². The van der Waals surface area contributed by atoms with Crippen LogP contribution in [-0.4, -0.2) is 41.1 Å². The molecule has 2 fully saturated rings. The lowest BCUT2D eigenvalue weighted by atomic mass is 9.54. The molecule has 0 saturated carbocycles. The summed E-state index contributed by atoms with van der Waals surface area (Å²) in [6.07, 6.45) is 0.962. The van der Waals surface area contributed by atoms with Crippen LogP contribution in [0, 0.1) is 35.0 Å². The Balaban J connectivity index is 1.97. The number of ether oxygens (including phenoxy) is 1. The van der Waals surface area contributed by atoms with Crippen molar-refractivity contribution in [1.82, 2.24) is 10.2 Å². The van der Waals surface area contributed by atoms with Crippen molar-refractivity contribution in [2.75, 3.05) is 13.1 Å². The van der Waals surface area contributed by atoms with Crippen LogP contribution in [0.4, 0.5) is 4.79 Å². The molecule has 148 valence electrons. The summed E-state index contributed by atoms with van der Waals surface area (Å²) >= 11 is 0. The zero-order valence-electron chi connectivity index (χ0n) is 16.8. The van der Waals surface area contributed by atoms with Gasteiger partial charge in [-0.15, -0.1) is 0 Å². The topological polar surface area (TPSA) is 108 Å². The Labute approximate surface area is 160 Å². The highest BCUT2D eigenvalue weighted by atomic mass is 16.6. The third kappa shape index (κ3) is 3.15. The first-order valence-corrected chi connectivity index (χ1v) is 9.70. The molecule has 0 radical (unpaired) electrons. The third-order valence-corrected chi connectivity index (χ3v) is 5.98. The summed E-state index contributed by atoms with van der Waals surface area (Å²) in [4.78, 5) is 27.1. The van der Waals surface area contributed by atoms with Gasteiger partial charge in [-0.1, -0.05) is 13.8 Å². The molecule has 0 aromatic heterocycles. The Hall–Kier alpha value is -2.23. The van der Waals surface area contributed by atoms with Gasteiger partial charge in [-0.25, -0.2) is 4.79 Å². The van der Waals surface area contributed by atoms with E-state index in [1.54, 1.807) is 4.90 Å². The number of amides is 2. The van der Waals surface area contributed by atoms with E-state index in [1.807, 2.05) is 20.8 Å².